The van der Waals surface area contributed by atoms with E-state index in [0.29, 0.717) is 0 Å². The number of rotatable bonds is 3. The van der Waals surface area contributed by atoms with E-state index in [0.717, 1.165) is 39.3 Å². The molecule has 3 aromatic rings. The maximum absolute atomic E-state index is 9.72. The van der Waals surface area contributed by atoms with E-state index in [-0.39, 0.29) is 5.75 Å². The smallest absolute Gasteiger partial charge is 0.132 e. The maximum atomic E-state index is 9.72. The molecule has 0 amide bonds. The van der Waals surface area contributed by atoms with Crippen LogP contribution in [-0.2, 0) is 0 Å². The topological polar surface area (TPSA) is 38.7 Å². The number of phenols is 1. The quantitative estimate of drug-likeness (QED) is 0.669. The largest absolute Gasteiger partial charge is 0.508 e. The number of fused-ring (bicyclic) bond motifs is 1. The minimum Gasteiger partial charge on any atom is -0.508 e. The molecule has 0 atom stereocenters. The molecule has 1 N–H and O–H groups in total. The van der Waals surface area contributed by atoms with E-state index in [1.165, 1.54) is 0 Å². The summed E-state index contributed by atoms with van der Waals surface area (Å²) in [5, 5.41) is 9.72. The molecule has 3 nitrogen and oxygen atoms in total. The molecule has 4 rings (SSSR count). The van der Waals surface area contributed by atoms with Crippen LogP contribution < -0.4 is 9.47 Å². The van der Waals surface area contributed by atoms with Crippen molar-refractivity contribution in [3.05, 3.63) is 89.5 Å². The number of ether oxygens (including phenoxy) is 2. The Morgan fingerprint density at radius 3 is 2.22 bits per heavy atom. The van der Waals surface area contributed by atoms with Crippen molar-refractivity contribution in [2.45, 2.75) is 19.4 Å². The number of phenolic OH excluding ortho intramolecular Hbond substituents is 1. The van der Waals surface area contributed by atoms with E-state index in [4.69, 9.17) is 9.47 Å². The zero-order valence-electron chi connectivity index (χ0n) is 15.7. The van der Waals surface area contributed by atoms with Crippen LogP contribution in [0.2, 0.25) is 0 Å². The Labute approximate surface area is 159 Å². The minimum atomic E-state index is -0.554. The Bertz CT molecular complexity index is 1000. The van der Waals surface area contributed by atoms with Gasteiger partial charge in [0.15, 0.2) is 0 Å². The number of benzene rings is 3. The van der Waals surface area contributed by atoms with Gasteiger partial charge in [-0.25, -0.2) is 0 Å². The molecule has 0 radical (unpaired) electrons. The number of hydrogen-bond donors (Lipinski definition) is 1. The van der Waals surface area contributed by atoms with Crippen LogP contribution in [0.4, 0.5) is 0 Å². The molecular weight excluding hydrogens is 336 g/mol. The van der Waals surface area contributed by atoms with Crippen molar-refractivity contribution in [2.75, 3.05) is 7.11 Å². The second kappa shape index (κ2) is 6.51. The third-order valence-electron chi connectivity index (χ3n) is 4.89. The third kappa shape index (κ3) is 3.06. The Kier molecular flexibility index (Phi) is 4.15. The Balaban J connectivity index is 2.05. The van der Waals surface area contributed by atoms with E-state index in [2.05, 4.69) is 26.0 Å². The van der Waals surface area contributed by atoms with Crippen molar-refractivity contribution < 1.29 is 14.6 Å². The van der Waals surface area contributed by atoms with Crippen LogP contribution in [0, 0.1) is 0 Å². The van der Waals surface area contributed by atoms with Crippen LogP contribution >= 0.6 is 0 Å². The number of hydrogen-bond acceptors (Lipinski definition) is 3. The molecule has 0 unspecified atom stereocenters. The summed E-state index contributed by atoms with van der Waals surface area (Å²) >= 11 is 0. The summed E-state index contributed by atoms with van der Waals surface area (Å²) in [6.07, 6.45) is 0. The van der Waals surface area contributed by atoms with Gasteiger partial charge < -0.3 is 14.6 Å². The summed E-state index contributed by atoms with van der Waals surface area (Å²) in [6, 6.07) is 23.6. The van der Waals surface area contributed by atoms with Crippen molar-refractivity contribution in [1.82, 2.24) is 0 Å². The monoisotopic (exact) mass is 358 g/mol. The fourth-order valence-electron chi connectivity index (χ4n) is 3.71. The van der Waals surface area contributed by atoms with E-state index in [1.54, 1.807) is 19.2 Å². The molecule has 0 spiro atoms. The molecule has 0 fully saturated rings. The molecule has 0 saturated heterocycles. The highest BCUT2D eigenvalue weighted by molar-refractivity contribution is 6.03. The van der Waals surface area contributed by atoms with Crippen molar-refractivity contribution in [2.24, 2.45) is 0 Å². The molecule has 136 valence electrons. The van der Waals surface area contributed by atoms with E-state index in [9.17, 15) is 5.11 Å². The Hall–Kier alpha value is -3.20. The first-order valence-electron chi connectivity index (χ1n) is 8.96. The zero-order valence-corrected chi connectivity index (χ0v) is 15.7. The molecule has 3 aromatic carbocycles. The van der Waals surface area contributed by atoms with Crippen molar-refractivity contribution in [1.29, 1.82) is 0 Å². The highest BCUT2D eigenvalue weighted by Gasteiger charge is 2.36. The van der Waals surface area contributed by atoms with E-state index in [1.807, 2.05) is 48.5 Å². The first-order valence-corrected chi connectivity index (χ1v) is 8.96. The van der Waals surface area contributed by atoms with Gasteiger partial charge in [0.05, 0.1) is 7.11 Å². The van der Waals surface area contributed by atoms with Crippen LogP contribution in [0.1, 0.15) is 30.5 Å². The average Bonchev–Trinajstić information content (AvgIpc) is 2.67. The molecular formula is C24H22O3. The van der Waals surface area contributed by atoms with E-state index >= 15 is 0 Å². The van der Waals surface area contributed by atoms with E-state index < -0.39 is 5.60 Å². The molecule has 3 heteroatoms. The summed E-state index contributed by atoms with van der Waals surface area (Å²) in [4.78, 5) is 0. The molecule has 0 bridgehead atoms. The highest BCUT2D eigenvalue weighted by Crippen LogP contribution is 2.48. The van der Waals surface area contributed by atoms with Crippen LogP contribution in [0.3, 0.4) is 0 Å². The van der Waals surface area contributed by atoms with Crippen LogP contribution in [0.25, 0.3) is 11.1 Å². The van der Waals surface area contributed by atoms with Crippen LogP contribution in [0.5, 0.6) is 17.2 Å². The molecule has 1 heterocycles. The lowest BCUT2D eigenvalue weighted by atomic mass is 9.79. The second-order valence-corrected chi connectivity index (χ2v) is 7.14. The standard InChI is InChI=1S/C24H22O3/c1-24(2)23(17-9-11-18(25)12-10-17)22(16-7-5-4-6-8-16)20-14-13-19(26-3)15-21(20)27-24/h4-15,25H,1-3H3. The van der Waals surface area contributed by atoms with Crippen molar-refractivity contribution >= 4 is 11.1 Å². The predicted octanol–water partition coefficient (Wildman–Crippen LogP) is 5.53. The van der Waals surface area contributed by atoms with Crippen LogP contribution in [-0.4, -0.2) is 17.8 Å². The van der Waals surface area contributed by atoms with Gasteiger partial charge in [0.2, 0.25) is 0 Å². The maximum Gasteiger partial charge on any atom is 0.132 e. The normalized spacial score (nSPS) is 15.1. The molecule has 0 aromatic heterocycles. The lowest BCUT2D eigenvalue weighted by molar-refractivity contribution is 0.168. The van der Waals surface area contributed by atoms with Gasteiger partial charge >= 0.3 is 0 Å². The van der Waals surface area contributed by atoms with Gasteiger partial charge in [-0.05, 0) is 49.2 Å². The third-order valence-corrected chi connectivity index (χ3v) is 4.89. The lowest BCUT2D eigenvalue weighted by Gasteiger charge is -2.38. The number of methoxy groups -OCH3 is 1. The summed E-state index contributed by atoms with van der Waals surface area (Å²) in [5.74, 6) is 1.83. The molecule has 1 aliphatic heterocycles. The summed E-state index contributed by atoms with van der Waals surface area (Å²) in [6.45, 7) is 4.14. The Morgan fingerprint density at radius 1 is 0.852 bits per heavy atom. The summed E-state index contributed by atoms with van der Waals surface area (Å²) in [5.41, 5.74) is 4.86. The average molecular weight is 358 g/mol. The Morgan fingerprint density at radius 2 is 1.56 bits per heavy atom. The molecule has 0 saturated carbocycles. The fraction of sp³-hybridized carbons (Fsp3) is 0.167. The van der Waals surface area contributed by atoms with Gasteiger partial charge in [-0.3, -0.25) is 0 Å². The second-order valence-electron chi connectivity index (χ2n) is 7.14. The summed E-state index contributed by atoms with van der Waals surface area (Å²) in [7, 11) is 1.66. The molecule has 27 heavy (non-hydrogen) atoms. The van der Waals surface area contributed by atoms with Gasteiger partial charge in [0, 0.05) is 22.8 Å². The van der Waals surface area contributed by atoms with Gasteiger partial charge in [-0.15, -0.1) is 0 Å². The highest BCUT2D eigenvalue weighted by atomic mass is 16.5. The zero-order chi connectivity index (χ0) is 19.0. The first kappa shape index (κ1) is 17.2. The number of aromatic hydroxyl groups is 1. The first-order chi connectivity index (χ1) is 13.0. The van der Waals surface area contributed by atoms with Gasteiger partial charge in [-0.2, -0.15) is 0 Å². The van der Waals surface area contributed by atoms with Crippen LogP contribution in [0.15, 0.2) is 72.8 Å². The minimum absolute atomic E-state index is 0.250. The lowest BCUT2D eigenvalue weighted by Crippen LogP contribution is -2.34. The summed E-state index contributed by atoms with van der Waals surface area (Å²) < 4.78 is 11.8. The van der Waals surface area contributed by atoms with Gasteiger partial charge in [0.25, 0.3) is 0 Å². The van der Waals surface area contributed by atoms with Gasteiger partial charge in [0.1, 0.15) is 22.8 Å². The van der Waals surface area contributed by atoms with Crippen molar-refractivity contribution in [3.63, 3.8) is 0 Å². The van der Waals surface area contributed by atoms with Gasteiger partial charge in [-0.1, -0.05) is 42.5 Å². The fourth-order valence-corrected chi connectivity index (χ4v) is 3.71. The predicted molar refractivity (Wildman–Crippen MR) is 108 cm³/mol. The molecule has 0 aliphatic carbocycles. The SMILES string of the molecule is COc1ccc2c(c1)OC(C)(C)C(c1ccc(O)cc1)=C2c1ccccc1. The molecule has 1 aliphatic rings. The van der Waals surface area contributed by atoms with Crippen molar-refractivity contribution in [3.8, 4) is 17.2 Å².